The molecule has 1 aliphatic rings. The lowest BCUT2D eigenvalue weighted by molar-refractivity contribution is -0.117. The van der Waals surface area contributed by atoms with Gasteiger partial charge in [0.2, 0.25) is 5.91 Å². The van der Waals surface area contributed by atoms with E-state index in [-0.39, 0.29) is 35.4 Å². The van der Waals surface area contributed by atoms with E-state index in [1.54, 1.807) is 42.3 Å². The Labute approximate surface area is 143 Å². The summed E-state index contributed by atoms with van der Waals surface area (Å²) in [6.07, 6.45) is 1.73. The molecule has 2 amide bonds. The van der Waals surface area contributed by atoms with Crippen molar-refractivity contribution in [2.24, 2.45) is 7.05 Å². The Morgan fingerprint density at radius 3 is 2.71 bits per heavy atom. The van der Waals surface area contributed by atoms with Crippen LogP contribution >= 0.6 is 11.6 Å². The molecule has 2 heterocycles. The fourth-order valence-electron chi connectivity index (χ4n) is 2.67. The van der Waals surface area contributed by atoms with Gasteiger partial charge in [-0.3, -0.25) is 14.4 Å². The third kappa shape index (κ3) is 3.19. The number of hydrogen-bond acceptors (Lipinski definition) is 3. The lowest BCUT2D eigenvalue weighted by Crippen LogP contribution is -2.37. The molecule has 1 fully saturated rings. The van der Waals surface area contributed by atoms with Gasteiger partial charge < -0.3 is 14.8 Å². The zero-order valence-corrected chi connectivity index (χ0v) is 13.8. The Morgan fingerprint density at radius 1 is 1.25 bits per heavy atom. The maximum Gasteiger partial charge on any atom is 0.251 e. The van der Waals surface area contributed by atoms with Gasteiger partial charge in [-0.1, -0.05) is 23.7 Å². The highest BCUT2D eigenvalue weighted by atomic mass is 35.5. The highest BCUT2D eigenvalue weighted by Crippen LogP contribution is 2.29. The van der Waals surface area contributed by atoms with Gasteiger partial charge in [0.05, 0.1) is 16.8 Å². The summed E-state index contributed by atoms with van der Waals surface area (Å²) in [5.41, 5.74) is 0.652. The van der Waals surface area contributed by atoms with Gasteiger partial charge in [0, 0.05) is 37.8 Å². The van der Waals surface area contributed by atoms with Crippen LogP contribution in [0.5, 0.6) is 0 Å². The predicted molar refractivity (Wildman–Crippen MR) is 91.4 cm³/mol. The Hall–Kier alpha value is -2.60. The molecule has 1 aromatic heterocycles. The number of halogens is 1. The fraction of sp³-hybridized carbons (Fsp3) is 0.235. The van der Waals surface area contributed by atoms with Crippen LogP contribution in [0, 0.1) is 0 Å². The predicted octanol–water partition coefficient (Wildman–Crippen LogP) is 1.57. The molecule has 1 unspecified atom stereocenters. The smallest absolute Gasteiger partial charge is 0.251 e. The van der Waals surface area contributed by atoms with E-state index in [0.29, 0.717) is 17.3 Å². The van der Waals surface area contributed by atoms with Gasteiger partial charge >= 0.3 is 0 Å². The maximum atomic E-state index is 12.3. The molecule has 6 nitrogen and oxygen atoms in total. The topological polar surface area (TPSA) is 71.4 Å². The Bertz CT molecular complexity index is 862. The number of aryl methyl sites for hydroxylation is 1. The van der Waals surface area contributed by atoms with Gasteiger partial charge in [-0.2, -0.15) is 0 Å². The number of nitrogens with zero attached hydrogens (tertiary/aromatic N) is 2. The van der Waals surface area contributed by atoms with Crippen LogP contribution in [0.3, 0.4) is 0 Å². The van der Waals surface area contributed by atoms with Crippen LogP contribution in [0.25, 0.3) is 0 Å². The number of aromatic nitrogens is 1. The Balaban J connectivity index is 1.72. The molecule has 0 aliphatic carbocycles. The van der Waals surface area contributed by atoms with E-state index in [1.807, 2.05) is 0 Å². The van der Waals surface area contributed by atoms with Crippen LogP contribution in [-0.4, -0.2) is 29.0 Å². The Kier molecular flexibility index (Phi) is 4.40. The zero-order valence-electron chi connectivity index (χ0n) is 13.0. The van der Waals surface area contributed by atoms with Crippen LogP contribution < -0.4 is 15.8 Å². The molecule has 1 atom stereocenters. The van der Waals surface area contributed by atoms with Crippen LogP contribution in [0.1, 0.15) is 16.8 Å². The first-order chi connectivity index (χ1) is 11.5. The molecule has 3 rings (SSSR count). The molecule has 0 radical (unpaired) electrons. The van der Waals surface area contributed by atoms with Crippen LogP contribution in [-0.2, 0) is 11.8 Å². The molecule has 7 heteroatoms. The second kappa shape index (κ2) is 6.49. The number of rotatable bonds is 3. The number of anilines is 1. The third-order valence-electron chi connectivity index (χ3n) is 3.97. The highest BCUT2D eigenvalue weighted by Gasteiger charge is 2.32. The van der Waals surface area contributed by atoms with Crippen molar-refractivity contribution in [2.45, 2.75) is 12.5 Å². The average molecular weight is 346 g/mol. The minimum Gasteiger partial charge on any atom is -0.347 e. The quantitative estimate of drug-likeness (QED) is 0.918. The maximum absolute atomic E-state index is 12.3. The van der Waals surface area contributed by atoms with Crippen molar-refractivity contribution >= 4 is 29.1 Å². The second-order valence-corrected chi connectivity index (χ2v) is 6.10. The van der Waals surface area contributed by atoms with Gasteiger partial charge in [0.15, 0.2) is 0 Å². The number of benzene rings is 1. The van der Waals surface area contributed by atoms with Crippen molar-refractivity contribution < 1.29 is 9.59 Å². The van der Waals surface area contributed by atoms with E-state index in [4.69, 9.17) is 11.6 Å². The number of amides is 2. The van der Waals surface area contributed by atoms with Crippen molar-refractivity contribution in [3.63, 3.8) is 0 Å². The van der Waals surface area contributed by atoms with Gasteiger partial charge in [-0.25, -0.2) is 0 Å². The number of para-hydroxylation sites is 1. The summed E-state index contributed by atoms with van der Waals surface area (Å²) in [7, 11) is 1.61. The average Bonchev–Trinajstić information content (AvgIpc) is 2.90. The van der Waals surface area contributed by atoms with Crippen molar-refractivity contribution in [3.8, 4) is 0 Å². The summed E-state index contributed by atoms with van der Waals surface area (Å²) in [5, 5.41) is 3.29. The summed E-state index contributed by atoms with van der Waals surface area (Å²) in [4.78, 5) is 37.7. The van der Waals surface area contributed by atoms with E-state index in [9.17, 15) is 14.4 Å². The molecule has 24 heavy (non-hydrogen) atoms. The number of hydrogen-bond donors (Lipinski definition) is 1. The molecule has 1 N–H and O–H groups in total. The molecular weight excluding hydrogens is 330 g/mol. The van der Waals surface area contributed by atoms with Crippen molar-refractivity contribution in [2.75, 3.05) is 11.4 Å². The van der Waals surface area contributed by atoms with Gasteiger partial charge in [0.1, 0.15) is 0 Å². The summed E-state index contributed by atoms with van der Waals surface area (Å²) in [5.74, 6) is -0.469. The van der Waals surface area contributed by atoms with E-state index in [0.717, 1.165) is 0 Å². The lowest BCUT2D eigenvalue weighted by atomic mass is 10.2. The first-order valence-electron chi connectivity index (χ1n) is 7.48. The van der Waals surface area contributed by atoms with Crippen molar-refractivity contribution in [1.82, 2.24) is 9.88 Å². The number of carbonyl (C=O) groups excluding carboxylic acids is 2. The molecule has 1 saturated heterocycles. The molecule has 1 aliphatic heterocycles. The van der Waals surface area contributed by atoms with E-state index < -0.39 is 0 Å². The monoisotopic (exact) mass is 345 g/mol. The highest BCUT2D eigenvalue weighted by molar-refractivity contribution is 6.33. The van der Waals surface area contributed by atoms with Crippen LogP contribution in [0.4, 0.5) is 5.69 Å². The number of pyridine rings is 1. The summed E-state index contributed by atoms with van der Waals surface area (Å²) in [6.45, 7) is 0.346. The summed E-state index contributed by atoms with van der Waals surface area (Å²) < 4.78 is 1.38. The number of carbonyl (C=O) groups is 2. The van der Waals surface area contributed by atoms with Crippen molar-refractivity contribution in [3.05, 3.63) is 63.5 Å². The largest absolute Gasteiger partial charge is 0.347 e. The minimum absolute atomic E-state index is 0.0997. The SMILES string of the molecule is Cn1ccc(C(=O)NC2CC(=O)N(c3ccccc3Cl)C2)cc1=O. The third-order valence-corrected chi connectivity index (χ3v) is 4.29. The molecular formula is C17H16ClN3O3. The molecule has 0 spiro atoms. The second-order valence-electron chi connectivity index (χ2n) is 5.69. The molecule has 1 aromatic carbocycles. The van der Waals surface area contributed by atoms with Crippen LogP contribution in [0.15, 0.2) is 47.4 Å². The van der Waals surface area contributed by atoms with Crippen molar-refractivity contribution in [1.29, 1.82) is 0 Å². The first-order valence-corrected chi connectivity index (χ1v) is 7.86. The molecule has 0 saturated carbocycles. The van der Waals surface area contributed by atoms with Gasteiger partial charge in [-0.05, 0) is 18.2 Å². The standard InChI is InChI=1S/C17H16ClN3O3/c1-20-7-6-11(8-15(20)22)17(24)19-12-9-16(23)21(10-12)14-5-3-2-4-13(14)18/h2-8,12H,9-10H2,1H3,(H,19,24). The van der Waals surface area contributed by atoms with Gasteiger partial charge in [-0.15, -0.1) is 0 Å². The summed E-state index contributed by atoms with van der Waals surface area (Å²) >= 11 is 6.13. The molecule has 124 valence electrons. The van der Waals surface area contributed by atoms with E-state index in [2.05, 4.69) is 5.32 Å². The Morgan fingerprint density at radius 2 is 2.00 bits per heavy atom. The zero-order chi connectivity index (χ0) is 17.3. The molecule has 0 bridgehead atoms. The van der Waals surface area contributed by atoms with E-state index in [1.165, 1.54) is 16.8 Å². The first kappa shape index (κ1) is 16.3. The van der Waals surface area contributed by atoms with Gasteiger partial charge in [0.25, 0.3) is 11.5 Å². The lowest BCUT2D eigenvalue weighted by Gasteiger charge is -2.18. The van der Waals surface area contributed by atoms with Crippen LogP contribution in [0.2, 0.25) is 5.02 Å². The number of nitrogens with one attached hydrogen (secondary N) is 1. The molecule has 2 aromatic rings. The fourth-order valence-corrected chi connectivity index (χ4v) is 2.90. The summed E-state index contributed by atoms with van der Waals surface area (Å²) in [6, 6.07) is 9.60. The normalized spacial score (nSPS) is 17.2. The van der Waals surface area contributed by atoms with E-state index >= 15 is 0 Å². The minimum atomic E-state index is -0.369.